The molecule has 16 heteroatoms. The number of amides is 2. The molecule has 3 aliphatic rings. The lowest BCUT2D eigenvalue weighted by atomic mass is 9.73. The number of aliphatic hydroxyl groups excluding tert-OH is 2. The summed E-state index contributed by atoms with van der Waals surface area (Å²) < 4.78 is 22.6. The molecular weight excluding hydrogens is 692 g/mol. The second kappa shape index (κ2) is 16.6. The maximum Gasteiger partial charge on any atom is 0.407 e. The molecule has 1 fully saturated rings. The van der Waals surface area contributed by atoms with Gasteiger partial charge in [-0.25, -0.2) is 10.2 Å². The molecule has 1 heterocycles. The van der Waals surface area contributed by atoms with Crippen molar-refractivity contribution in [2.75, 3.05) is 20.3 Å². The minimum atomic E-state index is -1.91. The molecule has 286 valence electrons. The van der Waals surface area contributed by atoms with Crippen molar-refractivity contribution >= 4 is 35.1 Å². The van der Waals surface area contributed by atoms with E-state index in [1.807, 2.05) is 0 Å². The molecule has 0 bridgehead atoms. The molecule has 1 aliphatic heterocycles. The van der Waals surface area contributed by atoms with Crippen molar-refractivity contribution in [3.8, 4) is 5.75 Å². The van der Waals surface area contributed by atoms with Gasteiger partial charge in [-0.1, -0.05) is 12.1 Å². The summed E-state index contributed by atoms with van der Waals surface area (Å²) in [5, 5.41) is 39.2. The van der Waals surface area contributed by atoms with Gasteiger partial charge in [-0.2, -0.15) is 5.10 Å². The third-order valence-electron chi connectivity index (χ3n) is 9.54. The Morgan fingerprint density at radius 3 is 2.53 bits per heavy atom. The highest BCUT2D eigenvalue weighted by Crippen LogP contribution is 2.44. The molecular formula is C37H46N4O12. The van der Waals surface area contributed by atoms with Crippen LogP contribution in [0.25, 0.3) is 0 Å². The summed E-state index contributed by atoms with van der Waals surface area (Å²) in [5.41, 5.74) is 7.84. The van der Waals surface area contributed by atoms with E-state index < -0.39 is 66.4 Å². The molecule has 2 aromatic rings. The molecule has 7 N–H and O–H groups in total. The molecule has 53 heavy (non-hydrogen) atoms. The predicted molar refractivity (Wildman–Crippen MR) is 187 cm³/mol. The van der Waals surface area contributed by atoms with Crippen LogP contribution in [0, 0.1) is 0 Å². The topological polar surface area (TPSA) is 245 Å². The SMILES string of the molecule is COc1cccc2c1C(=O)c1cc3c(cc1C2=O)C[C@@](O)(/C(CO)=N\NC(=O)CCCC(=O)CNC(=O)OC(C)C)C[C@@H]3O[C@H]1C[C@H](N)[C@H](O)[C@H](C)O1. The van der Waals surface area contributed by atoms with E-state index in [-0.39, 0.29) is 90.7 Å². The van der Waals surface area contributed by atoms with E-state index >= 15 is 0 Å². The highest BCUT2D eigenvalue weighted by Gasteiger charge is 2.46. The Hall–Kier alpha value is -4.58. The lowest BCUT2D eigenvalue weighted by Crippen LogP contribution is -2.53. The number of rotatable bonds is 13. The van der Waals surface area contributed by atoms with Crippen molar-refractivity contribution < 1.29 is 58.2 Å². The summed E-state index contributed by atoms with van der Waals surface area (Å²) >= 11 is 0. The predicted octanol–water partition coefficient (Wildman–Crippen LogP) is 1.37. The summed E-state index contributed by atoms with van der Waals surface area (Å²) in [5.74, 6) is -1.49. The fourth-order valence-corrected chi connectivity index (χ4v) is 6.83. The van der Waals surface area contributed by atoms with E-state index in [2.05, 4.69) is 15.8 Å². The van der Waals surface area contributed by atoms with E-state index in [0.717, 1.165) is 0 Å². The molecule has 5 rings (SSSR count). The van der Waals surface area contributed by atoms with Gasteiger partial charge in [0.15, 0.2) is 23.6 Å². The number of benzene rings is 2. The maximum absolute atomic E-state index is 13.9. The van der Waals surface area contributed by atoms with Crippen molar-refractivity contribution in [2.24, 2.45) is 10.8 Å². The molecule has 0 aromatic heterocycles. The third kappa shape index (κ3) is 8.80. The number of nitrogens with one attached hydrogen (secondary N) is 2. The number of nitrogens with zero attached hydrogens (tertiary/aromatic N) is 1. The number of hydrogen-bond acceptors (Lipinski definition) is 14. The largest absolute Gasteiger partial charge is 0.496 e. The Bertz CT molecular complexity index is 1780. The van der Waals surface area contributed by atoms with Crippen molar-refractivity contribution in [3.05, 3.63) is 63.7 Å². The molecule has 0 radical (unpaired) electrons. The second-order valence-electron chi connectivity index (χ2n) is 13.8. The van der Waals surface area contributed by atoms with Gasteiger partial charge in [0, 0.05) is 54.8 Å². The molecule has 2 aromatic carbocycles. The van der Waals surface area contributed by atoms with E-state index in [1.54, 1.807) is 39.0 Å². The van der Waals surface area contributed by atoms with Gasteiger partial charge < -0.3 is 45.3 Å². The molecule has 16 nitrogen and oxygen atoms in total. The Kier molecular flexibility index (Phi) is 12.4. The molecule has 6 atom stereocenters. The quantitative estimate of drug-likeness (QED) is 0.107. The summed E-state index contributed by atoms with van der Waals surface area (Å²) in [6, 6.07) is 7.16. The summed E-state index contributed by atoms with van der Waals surface area (Å²) in [6.07, 6.45) is -4.81. The first-order chi connectivity index (χ1) is 25.1. The number of carbonyl (C=O) groups excluding carboxylic acids is 5. The van der Waals surface area contributed by atoms with Crippen LogP contribution in [0.15, 0.2) is 35.4 Å². The van der Waals surface area contributed by atoms with Crippen LogP contribution in [0.3, 0.4) is 0 Å². The molecule has 2 aliphatic carbocycles. The number of ether oxygens (including phenoxy) is 4. The fourth-order valence-electron chi connectivity index (χ4n) is 6.83. The number of hydrazone groups is 1. The van der Waals surface area contributed by atoms with Crippen LogP contribution < -0.4 is 21.2 Å². The molecule has 0 unspecified atom stereocenters. The Morgan fingerprint density at radius 2 is 1.85 bits per heavy atom. The molecule has 0 saturated carbocycles. The van der Waals surface area contributed by atoms with Crippen LogP contribution in [0.4, 0.5) is 4.79 Å². The Morgan fingerprint density at radius 1 is 1.11 bits per heavy atom. The second-order valence-corrected chi connectivity index (χ2v) is 13.8. The average molecular weight is 739 g/mol. The van der Waals surface area contributed by atoms with Gasteiger partial charge in [-0.15, -0.1) is 0 Å². The molecule has 2 amide bonds. The minimum absolute atomic E-state index is 0.00295. The van der Waals surface area contributed by atoms with E-state index in [4.69, 9.17) is 24.7 Å². The highest BCUT2D eigenvalue weighted by molar-refractivity contribution is 6.29. The number of carbonyl (C=O) groups is 5. The van der Waals surface area contributed by atoms with Gasteiger partial charge in [0.05, 0.1) is 56.0 Å². The Labute approximate surface area is 306 Å². The van der Waals surface area contributed by atoms with Crippen LogP contribution in [0.5, 0.6) is 5.75 Å². The lowest BCUT2D eigenvalue weighted by Gasteiger charge is -2.42. The number of alkyl carbamates (subject to hydrolysis) is 1. The van der Waals surface area contributed by atoms with Gasteiger partial charge in [-0.3, -0.25) is 19.2 Å². The van der Waals surface area contributed by atoms with Crippen LogP contribution in [0.1, 0.15) is 102 Å². The van der Waals surface area contributed by atoms with Crippen LogP contribution in [0.2, 0.25) is 0 Å². The van der Waals surface area contributed by atoms with Crippen LogP contribution in [-0.4, -0.2) is 107 Å². The van der Waals surface area contributed by atoms with E-state index in [9.17, 15) is 39.3 Å². The van der Waals surface area contributed by atoms with Gasteiger partial charge in [0.25, 0.3) is 0 Å². The summed E-state index contributed by atoms with van der Waals surface area (Å²) in [6.45, 7) is 3.98. The summed E-state index contributed by atoms with van der Waals surface area (Å²) in [4.78, 5) is 64.0. The molecule has 1 saturated heterocycles. The fraction of sp³-hybridized carbons (Fsp3) is 0.514. The van der Waals surface area contributed by atoms with E-state index in [0.29, 0.717) is 11.1 Å². The molecule has 0 spiro atoms. The first-order valence-corrected chi connectivity index (χ1v) is 17.5. The summed E-state index contributed by atoms with van der Waals surface area (Å²) in [7, 11) is 1.41. The number of aliphatic hydroxyl groups is 3. The maximum atomic E-state index is 13.9. The average Bonchev–Trinajstić information content (AvgIpc) is 3.11. The van der Waals surface area contributed by atoms with Crippen LogP contribution >= 0.6 is 0 Å². The van der Waals surface area contributed by atoms with E-state index in [1.165, 1.54) is 19.2 Å². The van der Waals surface area contributed by atoms with Gasteiger partial charge >= 0.3 is 6.09 Å². The zero-order chi connectivity index (χ0) is 38.6. The lowest BCUT2D eigenvalue weighted by molar-refractivity contribution is -0.245. The number of nitrogens with two attached hydrogens (primary N) is 1. The first-order valence-electron chi connectivity index (χ1n) is 17.5. The smallest absolute Gasteiger partial charge is 0.407 e. The van der Waals surface area contributed by atoms with Crippen molar-refractivity contribution in [3.63, 3.8) is 0 Å². The number of methoxy groups -OCH3 is 1. The third-order valence-corrected chi connectivity index (χ3v) is 9.54. The Balaban J connectivity index is 1.37. The number of fused-ring (bicyclic) bond motifs is 3. The van der Waals surface area contributed by atoms with Gasteiger partial charge in [0.2, 0.25) is 5.91 Å². The highest BCUT2D eigenvalue weighted by atomic mass is 16.7. The zero-order valence-electron chi connectivity index (χ0n) is 30.0. The van der Waals surface area contributed by atoms with Crippen molar-refractivity contribution in [1.82, 2.24) is 10.7 Å². The minimum Gasteiger partial charge on any atom is -0.496 e. The van der Waals surface area contributed by atoms with Crippen molar-refractivity contribution in [2.45, 2.75) is 102 Å². The normalized spacial score (nSPS) is 25.2. The number of Topliss-reactive ketones (excluding diaryl/α,β-unsaturated/α-hetero) is 1. The van der Waals surface area contributed by atoms with Gasteiger partial charge in [0.1, 0.15) is 11.4 Å². The van der Waals surface area contributed by atoms with Crippen LogP contribution in [-0.2, 0) is 30.2 Å². The standard InChI is InChI=1S/C37H46N4O12/c1-18(2)51-36(48)39-16-21(43)7-5-10-30(44)41-40-29(17-42)37(49)14-20-11-24-25(35(47)32-22(34(24)46)8-6-9-27(32)50-4)12-23(20)28(15-37)53-31-13-26(38)33(45)19(3)52-31/h6,8-9,11-12,18-19,26,28,31,33,42,45,49H,5,7,10,13-17,38H2,1-4H3,(H,39,48)(H,41,44)/b40-29-/t19-,26-,28-,31-,33+,37-/m0/s1. The number of ketones is 3. The first kappa shape index (κ1) is 39.6. The van der Waals surface area contributed by atoms with Gasteiger partial charge in [-0.05, 0) is 56.5 Å². The number of hydrogen-bond donors (Lipinski definition) is 6. The monoisotopic (exact) mass is 738 g/mol. The van der Waals surface area contributed by atoms with Crippen molar-refractivity contribution in [1.29, 1.82) is 0 Å². The zero-order valence-corrected chi connectivity index (χ0v) is 30.0.